The molecule has 0 aromatic heterocycles. The first kappa shape index (κ1) is 22.6. The molecule has 0 heterocycles. The fourth-order valence-electron chi connectivity index (χ4n) is 2.90. The fraction of sp³-hybridized carbons (Fsp3) is 0.333. The third kappa shape index (κ3) is 5.65. The van der Waals surface area contributed by atoms with E-state index >= 15 is 0 Å². The molecule has 0 atom stereocenters. The van der Waals surface area contributed by atoms with Gasteiger partial charge < -0.3 is 10.2 Å². The van der Waals surface area contributed by atoms with E-state index in [4.69, 9.17) is 0 Å². The molecule has 0 aliphatic heterocycles. The van der Waals surface area contributed by atoms with Gasteiger partial charge in [0.05, 0.1) is 11.4 Å². The first-order chi connectivity index (χ1) is 13.7. The fourth-order valence-corrected chi connectivity index (χ4v) is 3.96. The quantitative estimate of drug-likeness (QED) is 0.687. The van der Waals surface area contributed by atoms with Crippen LogP contribution in [0, 0.1) is 13.8 Å². The van der Waals surface area contributed by atoms with Gasteiger partial charge in [-0.3, -0.25) is 9.59 Å². The second-order valence-corrected chi connectivity index (χ2v) is 8.55. The lowest BCUT2D eigenvalue weighted by Gasteiger charge is -2.21. The molecule has 0 aliphatic rings. The Kier molecular flexibility index (Phi) is 7.53. The molecule has 0 saturated carbocycles. The van der Waals surface area contributed by atoms with E-state index in [1.807, 2.05) is 37.3 Å². The topological polar surface area (TPSA) is 95.6 Å². The van der Waals surface area contributed by atoms with Gasteiger partial charge in [0, 0.05) is 18.7 Å². The monoisotopic (exact) mass is 417 g/mol. The van der Waals surface area contributed by atoms with E-state index in [0.717, 1.165) is 5.56 Å². The predicted octanol–water partition coefficient (Wildman–Crippen LogP) is 1.99. The van der Waals surface area contributed by atoms with Gasteiger partial charge in [-0.05, 0) is 56.6 Å². The van der Waals surface area contributed by atoms with Gasteiger partial charge in [-0.1, -0.05) is 30.3 Å². The van der Waals surface area contributed by atoms with Crippen LogP contribution in [-0.4, -0.2) is 45.3 Å². The Balaban J connectivity index is 2.11. The van der Waals surface area contributed by atoms with Gasteiger partial charge in [-0.2, -0.15) is 0 Å². The minimum absolute atomic E-state index is 0.0516. The molecule has 0 bridgehead atoms. The van der Waals surface area contributed by atoms with Gasteiger partial charge in [0.25, 0.3) is 5.91 Å². The lowest BCUT2D eigenvalue weighted by atomic mass is 10.1. The van der Waals surface area contributed by atoms with Crippen LogP contribution in [0.3, 0.4) is 0 Å². The van der Waals surface area contributed by atoms with Gasteiger partial charge in [-0.25, -0.2) is 13.1 Å². The van der Waals surface area contributed by atoms with Crippen molar-refractivity contribution in [2.24, 2.45) is 0 Å². The zero-order valence-electron chi connectivity index (χ0n) is 17.2. The van der Waals surface area contributed by atoms with Crippen LogP contribution in [0.15, 0.2) is 47.4 Å². The van der Waals surface area contributed by atoms with Crippen LogP contribution in [0.25, 0.3) is 0 Å². The van der Waals surface area contributed by atoms with E-state index in [2.05, 4.69) is 10.0 Å². The summed E-state index contributed by atoms with van der Waals surface area (Å²) in [5.41, 5.74) is 2.45. The summed E-state index contributed by atoms with van der Waals surface area (Å²) in [5.74, 6) is -0.707. The number of hydrogen-bond donors (Lipinski definition) is 2. The highest BCUT2D eigenvalue weighted by molar-refractivity contribution is 7.89. The Hall–Kier alpha value is -2.71. The van der Waals surface area contributed by atoms with Crippen molar-refractivity contribution in [1.82, 2.24) is 14.9 Å². The van der Waals surface area contributed by atoms with Crippen molar-refractivity contribution in [2.45, 2.75) is 32.2 Å². The summed E-state index contributed by atoms with van der Waals surface area (Å²) in [6.45, 7) is 6.11. The average molecular weight is 418 g/mol. The first-order valence-electron chi connectivity index (χ1n) is 9.34. The van der Waals surface area contributed by atoms with Crippen molar-refractivity contribution in [3.63, 3.8) is 0 Å². The molecule has 0 radical (unpaired) electrons. The predicted molar refractivity (Wildman–Crippen MR) is 112 cm³/mol. The van der Waals surface area contributed by atoms with E-state index in [1.165, 1.54) is 13.1 Å². The van der Waals surface area contributed by atoms with Crippen LogP contribution in [-0.2, 0) is 21.4 Å². The number of aryl methyl sites for hydroxylation is 1. The van der Waals surface area contributed by atoms with Crippen LogP contribution in [0.5, 0.6) is 0 Å². The molecule has 0 saturated heterocycles. The molecule has 8 heteroatoms. The molecule has 2 amide bonds. The number of carbonyl (C=O) groups is 2. The second-order valence-electron chi connectivity index (χ2n) is 6.70. The third-order valence-corrected chi connectivity index (χ3v) is 6.33. The lowest BCUT2D eigenvalue weighted by molar-refractivity contribution is -0.130. The molecule has 7 nitrogen and oxygen atoms in total. The van der Waals surface area contributed by atoms with E-state index in [9.17, 15) is 18.0 Å². The Morgan fingerprint density at radius 3 is 2.31 bits per heavy atom. The number of nitrogens with zero attached hydrogens (tertiary/aromatic N) is 1. The number of rotatable bonds is 8. The SMILES string of the molecule is CCN(Cc1ccccc1)C(=O)CNC(=O)c1cc(C)c(C)c(S(=O)(=O)NC)c1. The molecule has 156 valence electrons. The molecule has 29 heavy (non-hydrogen) atoms. The number of benzene rings is 2. The first-order valence-corrected chi connectivity index (χ1v) is 10.8. The van der Waals surface area contributed by atoms with Crippen molar-refractivity contribution in [3.05, 3.63) is 64.7 Å². The maximum absolute atomic E-state index is 12.6. The molecular weight excluding hydrogens is 390 g/mol. The van der Waals surface area contributed by atoms with E-state index in [0.29, 0.717) is 24.2 Å². The van der Waals surface area contributed by atoms with Gasteiger partial charge in [0.1, 0.15) is 0 Å². The molecule has 0 aliphatic carbocycles. The highest BCUT2D eigenvalue weighted by atomic mass is 32.2. The van der Waals surface area contributed by atoms with Crippen LogP contribution in [0.1, 0.15) is 34.0 Å². The normalized spacial score (nSPS) is 11.2. The van der Waals surface area contributed by atoms with Crippen LogP contribution < -0.4 is 10.0 Å². The Morgan fingerprint density at radius 2 is 1.72 bits per heavy atom. The summed E-state index contributed by atoms with van der Waals surface area (Å²) in [6, 6.07) is 12.5. The van der Waals surface area contributed by atoms with Gasteiger partial charge in [0.2, 0.25) is 15.9 Å². The maximum Gasteiger partial charge on any atom is 0.251 e. The molecule has 2 aromatic rings. The summed E-state index contributed by atoms with van der Waals surface area (Å²) in [4.78, 5) is 26.8. The standard InChI is InChI=1S/C21H27N3O4S/c1-5-24(14-17-9-7-6-8-10-17)20(25)13-23-21(26)18-11-15(2)16(3)19(12-18)29(27,28)22-4/h6-12,22H,5,13-14H2,1-4H3,(H,23,26). The number of carbonyl (C=O) groups excluding carboxylic acids is 2. The summed E-state index contributed by atoms with van der Waals surface area (Å²) in [7, 11) is -2.37. The zero-order valence-corrected chi connectivity index (χ0v) is 18.0. The Labute approximate surface area is 172 Å². The molecule has 2 aromatic carbocycles. The highest BCUT2D eigenvalue weighted by Gasteiger charge is 2.20. The summed E-state index contributed by atoms with van der Waals surface area (Å²) in [5, 5.41) is 2.60. The lowest BCUT2D eigenvalue weighted by Crippen LogP contribution is -2.39. The smallest absolute Gasteiger partial charge is 0.251 e. The number of sulfonamides is 1. The van der Waals surface area contributed by atoms with E-state index < -0.39 is 15.9 Å². The van der Waals surface area contributed by atoms with Crippen molar-refractivity contribution in [2.75, 3.05) is 20.1 Å². The minimum atomic E-state index is -3.70. The summed E-state index contributed by atoms with van der Waals surface area (Å²) >= 11 is 0. The molecule has 0 unspecified atom stereocenters. The van der Waals surface area contributed by atoms with Crippen molar-refractivity contribution >= 4 is 21.8 Å². The van der Waals surface area contributed by atoms with Crippen molar-refractivity contribution in [1.29, 1.82) is 0 Å². The average Bonchev–Trinajstić information content (AvgIpc) is 2.72. The Bertz CT molecular complexity index is 988. The number of nitrogens with one attached hydrogen (secondary N) is 2. The molecule has 2 N–H and O–H groups in total. The number of likely N-dealkylation sites (N-methyl/N-ethyl adjacent to an activating group) is 1. The summed E-state index contributed by atoms with van der Waals surface area (Å²) in [6.07, 6.45) is 0. The van der Waals surface area contributed by atoms with Crippen molar-refractivity contribution in [3.8, 4) is 0 Å². The molecular formula is C21H27N3O4S. The number of amides is 2. The zero-order chi connectivity index (χ0) is 21.6. The third-order valence-electron chi connectivity index (χ3n) is 4.79. The largest absolute Gasteiger partial charge is 0.343 e. The second kappa shape index (κ2) is 9.67. The molecule has 0 spiro atoms. The van der Waals surface area contributed by atoms with Crippen molar-refractivity contribution < 1.29 is 18.0 Å². The van der Waals surface area contributed by atoms with Gasteiger partial charge in [0.15, 0.2) is 0 Å². The summed E-state index contributed by atoms with van der Waals surface area (Å²) < 4.78 is 26.7. The van der Waals surface area contributed by atoms with E-state index in [1.54, 1.807) is 24.8 Å². The van der Waals surface area contributed by atoms with Crippen LogP contribution in [0.2, 0.25) is 0 Å². The van der Waals surface area contributed by atoms with Gasteiger partial charge in [-0.15, -0.1) is 0 Å². The minimum Gasteiger partial charge on any atom is -0.343 e. The Morgan fingerprint density at radius 1 is 1.07 bits per heavy atom. The van der Waals surface area contributed by atoms with Gasteiger partial charge >= 0.3 is 0 Å². The molecule has 2 rings (SSSR count). The highest BCUT2D eigenvalue weighted by Crippen LogP contribution is 2.21. The van der Waals surface area contributed by atoms with Crippen LogP contribution in [0.4, 0.5) is 0 Å². The number of hydrogen-bond acceptors (Lipinski definition) is 4. The van der Waals surface area contributed by atoms with E-state index in [-0.39, 0.29) is 22.9 Å². The molecule has 0 fully saturated rings. The maximum atomic E-state index is 12.6. The van der Waals surface area contributed by atoms with Crippen LogP contribution >= 0.6 is 0 Å².